The number of hydrogen-bond acceptors (Lipinski definition) is 3. The Hall–Kier alpha value is -2.33. The summed E-state index contributed by atoms with van der Waals surface area (Å²) < 4.78 is 0. The average molecular weight is 276 g/mol. The number of aldehydes is 1. The summed E-state index contributed by atoms with van der Waals surface area (Å²) >= 11 is 5.91. The van der Waals surface area contributed by atoms with E-state index in [9.17, 15) is 9.59 Å². The van der Waals surface area contributed by atoms with E-state index in [0.29, 0.717) is 28.2 Å². The molecule has 0 saturated carbocycles. The fourth-order valence-corrected chi connectivity index (χ4v) is 1.91. The first-order valence-corrected chi connectivity index (χ1v) is 5.84. The second-order valence-electron chi connectivity index (χ2n) is 3.79. The van der Waals surface area contributed by atoms with Crippen molar-refractivity contribution in [3.05, 3.63) is 58.6 Å². The van der Waals surface area contributed by atoms with Crippen LogP contribution in [0.2, 0.25) is 5.02 Å². The molecule has 96 valence electrons. The van der Waals surface area contributed by atoms with Gasteiger partial charge in [-0.2, -0.15) is 0 Å². The Kier molecular flexibility index (Phi) is 3.82. The number of carbonyl (C=O) groups is 2. The number of carboxylic acids is 1. The first kappa shape index (κ1) is 13.1. The Morgan fingerprint density at radius 3 is 2.47 bits per heavy atom. The van der Waals surface area contributed by atoms with Gasteiger partial charge < -0.3 is 10.4 Å². The molecule has 0 aliphatic carbocycles. The molecule has 2 aromatic rings. The minimum atomic E-state index is -1.04. The maximum absolute atomic E-state index is 11.1. The van der Waals surface area contributed by atoms with Gasteiger partial charge in [0.1, 0.15) is 0 Å². The Labute approximate surface area is 114 Å². The Morgan fingerprint density at radius 2 is 1.79 bits per heavy atom. The number of carbonyl (C=O) groups excluding carboxylic acids is 1. The van der Waals surface area contributed by atoms with E-state index >= 15 is 0 Å². The highest BCUT2D eigenvalue weighted by Crippen LogP contribution is 2.27. The molecule has 0 unspecified atom stereocenters. The lowest BCUT2D eigenvalue weighted by Gasteiger charge is -2.11. The van der Waals surface area contributed by atoms with Crippen LogP contribution in [0.15, 0.2) is 42.5 Å². The van der Waals surface area contributed by atoms with E-state index in [-0.39, 0.29) is 5.56 Å². The van der Waals surface area contributed by atoms with Crippen LogP contribution in [0.3, 0.4) is 0 Å². The van der Waals surface area contributed by atoms with Crippen LogP contribution < -0.4 is 5.32 Å². The molecule has 2 rings (SSSR count). The monoisotopic (exact) mass is 275 g/mol. The summed E-state index contributed by atoms with van der Waals surface area (Å²) in [5, 5.41) is 12.3. The number of aromatic carboxylic acids is 1. The largest absolute Gasteiger partial charge is 0.478 e. The van der Waals surface area contributed by atoms with Gasteiger partial charge in [0.25, 0.3) is 0 Å². The molecular formula is C14H10ClNO3. The molecule has 0 fully saturated rings. The molecule has 0 bridgehead atoms. The van der Waals surface area contributed by atoms with Gasteiger partial charge in [0.05, 0.1) is 27.5 Å². The quantitative estimate of drug-likeness (QED) is 0.837. The Bertz CT molecular complexity index is 640. The summed E-state index contributed by atoms with van der Waals surface area (Å²) in [7, 11) is 0. The summed E-state index contributed by atoms with van der Waals surface area (Å²) in [6.07, 6.45) is 0.633. The zero-order valence-electron chi connectivity index (χ0n) is 9.76. The topological polar surface area (TPSA) is 66.4 Å². The molecule has 19 heavy (non-hydrogen) atoms. The van der Waals surface area contributed by atoms with E-state index in [1.54, 1.807) is 36.4 Å². The SMILES string of the molecule is O=Cc1c(Cl)cccc1Nc1ccccc1C(=O)O. The number of carboxylic acid groups (broad SMARTS) is 1. The second kappa shape index (κ2) is 5.54. The van der Waals surface area contributed by atoms with Crippen molar-refractivity contribution in [1.82, 2.24) is 0 Å². The van der Waals surface area contributed by atoms with Crippen molar-refractivity contribution >= 4 is 35.2 Å². The molecule has 0 aliphatic rings. The molecule has 0 saturated heterocycles. The number of rotatable bonds is 4. The Morgan fingerprint density at radius 1 is 1.11 bits per heavy atom. The molecule has 0 amide bonds. The van der Waals surface area contributed by atoms with Gasteiger partial charge in [0.2, 0.25) is 0 Å². The van der Waals surface area contributed by atoms with Crippen molar-refractivity contribution in [3.8, 4) is 0 Å². The van der Waals surface area contributed by atoms with Crippen LogP contribution in [-0.4, -0.2) is 17.4 Å². The van der Waals surface area contributed by atoms with Crippen molar-refractivity contribution in [2.75, 3.05) is 5.32 Å². The Balaban J connectivity index is 2.45. The van der Waals surface area contributed by atoms with E-state index in [2.05, 4.69) is 5.32 Å². The zero-order valence-corrected chi connectivity index (χ0v) is 10.5. The summed E-state index contributed by atoms with van der Waals surface area (Å²) in [6, 6.07) is 11.4. The summed E-state index contributed by atoms with van der Waals surface area (Å²) in [4.78, 5) is 22.1. The molecule has 0 atom stereocenters. The highest BCUT2D eigenvalue weighted by molar-refractivity contribution is 6.33. The van der Waals surface area contributed by atoms with Gasteiger partial charge in [-0.15, -0.1) is 0 Å². The smallest absolute Gasteiger partial charge is 0.337 e. The van der Waals surface area contributed by atoms with Crippen LogP contribution in [0, 0.1) is 0 Å². The van der Waals surface area contributed by atoms with Crippen molar-refractivity contribution in [2.24, 2.45) is 0 Å². The summed E-state index contributed by atoms with van der Waals surface area (Å²) in [5.74, 6) is -1.04. The predicted octanol–water partition coefficient (Wildman–Crippen LogP) is 3.59. The third-order valence-electron chi connectivity index (χ3n) is 2.60. The molecule has 4 nitrogen and oxygen atoms in total. The zero-order chi connectivity index (χ0) is 13.8. The summed E-state index contributed by atoms with van der Waals surface area (Å²) in [5.41, 5.74) is 1.29. The molecule has 2 aromatic carbocycles. The maximum atomic E-state index is 11.1. The van der Waals surface area contributed by atoms with Crippen LogP contribution in [0.4, 0.5) is 11.4 Å². The maximum Gasteiger partial charge on any atom is 0.337 e. The number of para-hydroxylation sites is 1. The molecule has 0 radical (unpaired) electrons. The minimum absolute atomic E-state index is 0.124. The third-order valence-corrected chi connectivity index (χ3v) is 2.93. The molecule has 0 aliphatic heterocycles. The lowest BCUT2D eigenvalue weighted by Crippen LogP contribution is -2.03. The lowest BCUT2D eigenvalue weighted by atomic mass is 10.1. The third kappa shape index (κ3) is 2.74. The van der Waals surface area contributed by atoms with Crippen molar-refractivity contribution in [2.45, 2.75) is 0 Å². The van der Waals surface area contributed by atoms with Gasteiger partial charge in [0, 0.05) is 0 Å². The van der Waals surface area contributed by atoms with E-state index in [4.69, 9.17) is 16.7 Å². The number of anilines is 2. The highest BCUT2D eigenvalue weighted by atomic mass is 35.5. The van der Waals surface area contributed by atoms with Gasteiger partial charge in [-0.1, -0.05) is 29.8 Å². The van der Waals surface area contributed by atoms with Gasteiger partial charge in [-0.05, 0) is 24.3 Å². The molecule has 5 heteroatoms. The number of halogens is 1. The molecule has 0 heterocycles. The van der Waals surface area contributed by atoms with E-state index in [1.165, 1.54) is 6.07 Å². The standard InChI is InChI=1S/C14H10ClNO3/c15-11-5-3-7-13(10(11)8-17)16-12-6-2-1-4-9(12)14(18)19/h1-8,16H,(H,18,19). The van der Waals surface area contributed by atoms with Crippen LogP contribution in [0.25, 0.3) is 0 Å². The first-order valence-electron chi connectivity index (χ1n) is 5.46. The normalized spacial score (nSPS) is 9.95. The van der Waals surface area contributed by atoms with Gasteiger partial charge in [-0.3, -0.25) is 4.79 Å². The van der Waals surface area contributed by atoms with Crippen LogP contribution in [0.1, 0.15) is 20.7 Å². The molecule has 2 N–H and O–H groups in total. The van der Waals surface area contributed by atoms with Crippen LogP contribution >= 0.6 is 11.6 Å². The minimum Gasteiger partial charge on any atom is -0.478 e. The van der Waals surface area contributed by atoms with Gasteiger partial charge in [-0.25, -0.2) is 4.79 Å². The average Bonchev–Trinajstić information content (AvgIpc) is 2.39. The lowest BCUT2D eigenvalue weighted by molar-refractivity contribution is 0.0698. The first-order chi connectivity index (χ1) is 9.13. The predicted molar refractivity (Wildman–Crippen MR) is 73.5 cm³/mol. The molecule has 0 spiro atoms. The fourth-order valence-electron chi connectivity index (χ4n) is 1.69. The van der Waals surface area contributed by atoms with Crippen LogP contribution in [-0.2, 0) is 0 Å². The van der Waals surface area contributed by atoms with Crippen molar-refractivity contribution in [1.29, 1.82) is 0 Å². The van der Waals surface area contributed by atoms with Crippen LogP contribution in [0.5, 0.6) is 0 Å². The number of benzene rings is 2. The van der Waals surface area contributed by atoms with Crippen molar-refractivity contribution in [3.63, 3.8) is 0 Å². The van der Waals surface area contributed by atoms with Gasteiger partial charge in [0.15, 0.2) is 6.29 Å². The van der Waals surface area contributed by atoms with Gasteiger partial charge >= 0.3 is 5.97 Å². The number of hydrogen-bond donors (Lipinski definition) is 2. The highest BCUT2D eigenvalue weighted by Gasteiger charge is 2.11. The fraction of sp³-hybridized carbons (Fsp3) is 0. The summed E-state index contributed by atoms with van der Waals surface area (Å²) in [6.45, 7) is 0. The number of nitrogens with one attached hydrogen (secondary N) is 1. The molecular weight excluding hydrogens is 266 g/mol. The van der Waals surface area contributed by atoms with E-state index < -0.39 is 5.97 Å². The molecule has 0 aromatic heterocycles. The van der Waals surface area contributed by atoms with Crippen molar-refractivity contribution < 1.29 is 14.7 Å². The van der Waals surface area contributed by atoms with E-state index in [0.717, 1.165) is 0 Å². The second-order valence-corrected chi connectivity index (χ2v) is 4.20. The van der Waals surface area contributed by atoms with E-state index in [1.807, 2.05) is 0 Å².